The van der Waals surface area contributed by atoms with Gasteiger partial charge in [-0.25, -0.2) is 0 Å². The quantitative estimate of drug-likeness (QED) is 0.497. The Balaban J connectivity index is 1.32. The number of hydrogen-bond donors (Lipinski definition) is 1. The van der Waals surface area contributed by atoms with Crippen molar-refractivity contribution in [1.82, 2.24) is 10.2 Å². The van der Waals surface area contributed by atoms with Gasteiger partial charge < -0.3 is 19.7 Å². The number of nitrogens with one attached hydrogen (secondary N) is 1. The molecule has 0 aromatic heterocycles. The van der Waals surface area contributed by atoms with E-state index in [1.54, 1.807) is 14.2 Å². The van der Waals surface area contributed by atoms with Crippen molar-refractivity contribution in [3.05, 3.63) is 28.2 Å². The van der Waals surface area contributed by atoms with Crippen LogP contribution in [0.25, 0.3) is 0 Å². The van der Waals surface area contributed by atoms with E-state index in [-0.39, 0.29) is 0 Å². The largest absolute Gasteiger partial charge is 0.497 e. The van der Waals surface area contributed by atoms with Crippen LogP contribution in [0.1, 0.15) is 50.5 Å². The van der Waals surface area contributed by atoms with E-state index in [1.807, 2.05) is 6.07 Å². The molecule has 2 fully saturated rings. The second-order valence-corrected chi connectivity index (χ2v) is 9.75. The topological polar surface area (TPSA) is 33.7 Å². The molecular weight excluding hydrogens is 428 g/mol. The van der Waals surface area contributed by atoms with Crippen LogP contribution in [0, 0.1) is 11.8 Å². The number of piperidine rings is 1. The zero-order valence-corrected chi connectivity index (χ0v) is 19.9. The summed E-state index contributed by atoms with van der Waals surface area (Å²) in [6.07, 6.45) is 10.6. The summed E-state index contributed by atoms with van der Waals surface area (Å²) in [7, 11) is 3.52. The van der Waals surface area contributed by atoms with Gasteiger partial charge in [0.25, 0.3) is 0 Å². The Morgan fingerprint density at radius 1 is 1.03 bits per heavy atom. The molecule has 1 saturated carbocycles. The lowest BCUT2D eigenvalue weighted by Crippen LogP contribution is -2.37. The van der Waals surface area contributed by atoms with E-state index in [0.29, 0.717) is 6.04 Å². The van der Waals surface area contributed by atoms with E-state index in [2.05, 4.69) is 38.3 Å². The van der Waals surface area contributed by atoms with E-state index in [0.717, 1.165) is 37.2 Å². The van der Waals surface area contributed by atoms with Crippen molar-refractivity contribution in [2.45, 2.75) is 57.4 Å². The molecule has 5 heteroatoms. The number of likely N-dealkylation sites (tertiary alicyclic amines) is 1. The van der Waals surface area contributed by atoms with Gasteiger partial charge in [-0.05, 0) is 107 Å². The molecular formula is C24H39BrN2O2. The van der Waals surface area contributed by atoms with Gasteiger partial charge in [-0.2, -0.15) is 0 Å². The van der Waals surface area contributed by atoms with Crippen LogP contribution >= 0.6 is 15.9 Å². The van der Waals surface area contributed by atoms with E-state index < -0.39 is 0 Å². The molecule has 0 radical (unpaired) electrons. The SMILES string of the molecule is COCCN[C@H]1CC[C@H](CCN2CCC(Cc3cc(OC)ccc3Br)CC2)CC1. The van der Waals surface area contributed by atoms with Gasteiger partial charge in [0.2, 0.25) is 0 Å². The number of hydrogen-bond acceptors (Lipinski definition) is 4. The summed E-state index contributed by atoms with van der Waals surface area (Å²) in [5.41, 5.74) is 1.39. The molecule has 0 spiro atoms. The normalized spacial score (nSPS) is 24.0. The van der Waals surface area contributed by atoms with Crippen LogP contribution in [-0.4, -0.2) is 57.9 Å². The Bertz CT molecular complexity index is 597. The van der Waals surface area contributed by atoms with Crippen LogP contribution in [0.5, 0.6) is 5.75 Å². The maximum Gasteiger partial charge on any atom is 0.119 e. The van der Waals surface area contributed by atoms with Crippen LogP contribution in [-0.2, 0) is 11.2 Å². The fourth-order valence-electron chi connectivity index (χ4n) is 4.95. The zero-order valence-electron chi connectivity index (χ0n) is 18.3. The van der Waals surface area contributed by atoms with Gasteiger partial charge in [0.15, 0.2) is 0 Å². The van der Waals surface area contributed by atoms with Crippen molar-refractivity contribution in [2.24, 2.45) is 11.8 Å². The van der Waals surface area contributed by atoms with Crippen LogP contribution in [0.2, 0.25) is 0 Å². The summed E-state index contributed by atoms with van der Waals surface area (Å²) in [5.74, 6) is 2.69. The van der Waals surface area contributed by atoms with E-state index >= 15 is 0 Å². The lowest BCUT2D eigenvalue weighted by Gasteiger charge is -2.34. The Morgan fingerprint density at radius 2 is 1.79 bits per heavy atom. The van der Waals surface area contributed by atoms with Gasteiger partial charge in [0, 0.05) is 24.2 Å². The van der Waals surface area contributed by atoms with Gasteiger partial charge in [-0.3, -0.25) is 0 Å². The average molecular weight is 467 g/mol. The zero-order chi connectivity index (χ0) is 20.5. The highest BCUT2D eigenvalue weighted by atomic mass is 79.9. The second kappa shape index (κ2) is 12.3. The molecule has 1 aliphatic heterocycles. The molecule has 1 aliphatic carbocycles. The first-order valence-electron chi connectivity index (χ1n) is 11.4. The van der Waals surface area contributed by atoms with Crippen LogP contribution in [0.3, 0.4) is 0 Å². The molecule has 1 heterocycles. The molecule has 1 aromatic rings. The van der Waals surface area contributed by atoms with Gasteiger partial charge in [-0.1, -0.05) is 15.9 Å². The minimum Gasteiger partial charge on any atom is -0.497 e. The third-order valence-corrected chi connectivity index (χ3v) is 7.68. The number of rotatable bonds is 10. The van der Waals surface area contributed by atoms with Gasteiger partial charge >= 0.3 is 0 Å². The van der Waals surface area contributed by atoms with Crippen LogP contribution in [0.4, 0.5) is 0 Å². The Kier molecular flexibility index (Phi) is 9.77. The van der Waals surface area contributed by atoms with E-state index in [4.69, 9.17) is 9.47 Å². The lowest BCUT2D eigenvalue weighted by atomic mass is 9.83. The highest BCUT2D eigenvalue weighted by molar-refractivity contribution is 9.10. The summed E-state index contributed by atoms with van der Waals surface area (Å²) < 4.78 is 11.8. The Hall–Kier alpha value is -0.620. The van der Waals surface area contributed by atoms with Crippen molar-refractivity contribution < 1.29 is 9.47 Å². The maximum absolute atomic E-state index is 5.40. The second-order valence-electron chi connectivity index (χ2n) is 8.90. The highest BCUT2D eigenvalue weighted by Gasteiger charge is 2.24. The van der Waals surface area contributed by atoms with Crippen molar-refractivity contribution in [3.63, 3.8) is 0 Å². The fourth-order valence-corrected chi connectivity index (χ4v) is 5.35. The smallest absolute Gasteiger partial charge is 0.119 e. The fraction of sp³-hybridized carbons (Fsp3) is 0.750. The van der Waals surface area contributed by atoms with Crippen molar-refractivity contribution in [2.75, 3.05) is 47.0 Å². The summed E-state index contributed by atoms with van der Waals surface area (Å²) in [6, 6.07) is 7.05. The first-order valence-corrected chi connectivity index (χ1v) is 12.2. The minimum atomic E-state index is 0.716. The summed E-state index contributed by atoms with van der Waals surface area (Å²) in [4.78, 5) is 2.71. The van der Waals surface area contributed by atoms with Crippen LogP contribution in [0.15, 0.2) is 22.7 Å². The molecule has 1 aromatic carbocycles. The van der Waals surface area contributed by atoms with Gasteiger partial charge in [0.1, 0.15) is 5.75 Å². The third-order valence-electron chi connectivity index (χ3n) is 6.91. The van der Waals surface area contributed by atoms with Crippen molar-refractivity contribution in [1.29, 1.82) is 0 Å². The van der Waals surface area contributed by atoms with Crippen molar-refractivity contribution >= 4 is 15.9 Å². The Labute approximate surface area is 185 Å². The Morgan fingerprint density at radius 3 is 2.48 bits per heavy atom. The minimum absolute atomic E-state index is 0.716. The lowest BCUT2D eigenvalue weighted by molar-refractivity contribution is 0.160. The highest BCUT2D eigenvalue weighted by Crippen LogP contribution is 2.30. The number of methoxy groups -OCH3 is 2. The molecule has 0 bridgehead atoms. The first kappa shape index (κ1) is 23.1. The third kappa shape index (κ3) is 7.54. The maximum atomic E-state index is 5.40. The molecule has 164 valence electrons. The molecule has 1 saturated heterocycles. The predicted molar refractivity (Wildman–Crippen MR) is 124 cm³/mol. The number of nitrogens with zero attached hydrogens (tertiary/aromatic N) is 1. The number of benzene rings is 1. The molecule has 1 N–H and O–H groups in total. The number of halogens is 1. The molecule has 3 rings (SSSR count). The molecule has 0 amide bonds. The number of ether oxygens (including phenoxy) is 2. The van der Waals surface area contributed by atoms with Crippen LogP contribution < -0.4 is 10.1 Å². The molecule has 0 unspecified atom stereocenters. The molecule has 2 aliphatic rings. The average Bonchev–Trinajstić information content (AvgIpc) is 2.76. The van der Waals surface area contributed by atoms with Gasteiger partial charge in [0.05, 0.1) is 13.7 Å². The van der Waals surface area contributed by atoms with E-state index in [9.17, 15) is 0 Å². The summed E-state index contributed by atoms with van der Waals surface area (Å²) in [5, 5.41) is 3.64. The van der Waals surface area contributed by atoms with Crippen molar-refractivity contribution in [3.8, 4) is 5.75 Å². The summed E-state index contributed by atoms with van der Waals surface area (Å²) >= 11 is 3.71. The predicted octanol–water partition coefficient (Wildman–Crippen LogP) is 4.90. The molecule has 29 heavy (non-hydrogen) atoms. The standard InChI is InChI=1S/C24H39BrN2O2/c1-28-16-12-26-22-5-3-19(4-6-22)9-13-27-14-10-20(11-15-27)17-21-18-23(29-2)7-8-24(21)25/h7-8,18-20,22,26H,3-6,9-17H2,1-2H3/t19-,22-. The summed E-state index contributed by atoms with van der Waals surface area (Å²) in [6.45, 7) is 5.64. The molecule has 0 atom stereocenters. The van der Waals surface area contributed by atoms with Gasteiger partial charge in [-0.15, -0.1) is 0 Å². The first-order chi connectivity index (χ1) is 14.2. The van der Waals surface area contributed by atoms with E-state index in [1.165, 1.54) is 74.6 Å². The molecule has 4 nitrogen and oxygen atoms in total. The monoisotopic (exact) mass is 466 g/mol.